The summed E-state index contributed by atoms with van der Waals surface area (Å²) < 4.78 is 0.359. The van der Waals surface area contributed by atoms with Crippen LogP contribution in [0.2, 0.25) is 0 Å². The van der Waals surface area contributed by atoms with Crippen LogP contribution in [0, 0.1) is 4.77 Å². The first kappa shape index (κ1) is 5.24. The van der Waals surface area contributed by atoms with Gasteiger partial charge in [-0.3, -0.25) is 9.78 Å². The molecule has 44 valence electrons. The van der Waals surface area contributed by atoms with E-state index in [4.69, 9.17) is 0 Å². The summed E-state index contributed by atoms with van der Waals surface area (Å²) in [5.74, 6) is 0. The third-order valence-corrected chi connectivity index (χ3v) is 0.906. The number of nitrogens with one attached hydrogen (secondary N) is 2. The monoisotopic (exact) mass is 130 g/mol. The van der Waals surface area contributed by atoms with Crippen molar-refractivity contribution in [2.45, 2.75) is 0 Å². The van der Waals surface area contributed by atoms with Crippen LogP contribution in [-0.2, 0) is 0 Å². The van der Waals surface area contributed by atoms with Crippen molar-refractivity contribution in [2.24, 2.45) is 0 Å². The molecule has 3 nitrogen and oxygen atoms in total. The molecule has 0 aromatic carbocycles. The Balaban J connectivity index is 0.000000640. The van der Waals surface area contributed by atoms with Gasteiger partial charge < -0.3 is 4.98 Å². The molecule has 0 aliphatic carbocycles. The Morgan fingerprint density at radius 3 is 2.88 bits per heavy atom. The van der Waals surface area contributed by atoms with Gasteiger partial charge in [-0.05, 0) is 12.2 Å². The highest BCUT2D eigenvalue weighted by Gasteiger charge is 1.74. The molecule has 1 aromatic heterocycles. The molecule has 0 unspecified atom stereocenters. The fourth-order valence-corrected chi connectivity index (χ4v) is 0.551. The standard InChI is InChI=1S/C4H4N2OS.H2/c7-3-1-2-5-4(8)6-3;/h1-2H,(H2,5,6,7,8);1H. The highest BCUT2D eigenvalue weighted by Crippen LogP contribution is 1.67. The van der Waals surface area contributed by atoms with Crippen molar-refractivity contribution >= 4 is 12.2 Å². The van der Waals surface area contributed by atoms with Crippen molar-refractivity contribution in [3.63, 3.8) is 0 Å². The van der Waals surface area contributed by atoms with Gasteiger partial charge in [0, 0.05) is 13.7 Å². The smallest absolute Gasteiger partial charge is 0.251 e. The highest BCUT2D eigenvalue weighted by atomic mass is 32.1. The van der Waals surface area contributed by atoms with Gasteiger partial charge in [-0.2, -0.15) is 0 Å². The van der Waals surface area contributed by atoms with E-state index in [2.05, 4.69) is 22.2 Å². The van der Waals surface area contributed by atoms with E-state index in [1.165, 1.54) is 12.3 Å². The first-order valence-electron chi connectivity index (χ1n) is 2.07. The fraction of sp³-hybridized carbons (Fsp3) is 0. The van der Waals surface area contributed by atoms with Crippen LogP contribution >= 0.6 is 12.2 Å². The van der Waals surface area contributed by atoms with Crippen LogP contribution in [0.5, 0.6) is 0 Å². The van der Waals surface area contributed by atoms with E-state index in [0.29, 0.717) is 4.77 Å². The Labute approximate surface area is 51.9 Å². The number of aromatic nitrogens is 2. The molecule has 0 fully saturated rings. The van der Waals surface area contributed by atoms with Gasteiger partial charge in [-0.1, -0.05) is 0 Å². The number of hydrogen-bond donors (Lipinski definition) is 2. The number of hydrogen-bond acceptors (Lipinski definition) is 2. The predicted octanol–water partition coefficient (Wildman–Crippen LogP) is 0.678. The van der Waals surface area contributed by atoms with Crippen molar-refractivity contribution in [1.82, 2.24) is 9.97 Å². The lowest BCUT2D eigenvalue weighted by atomic mass is 10.7. The molecule has 0 radical (unpaired) electrons. The normalized spacial score (nSPS) is 9.00. The highest BCUT2D eigenvalue weighted by molar-refractivity contribution is 7.71. The largest absolute Gasteiger partial charge is 0.339 e. The van der Waals surface area contributed by atoms with E-state index in [9.17, 15) is 4.79 Å². The average molecular weight is 130 g/mol. The molecule has 0 spiro atoms. The summed E-state index contributed by atoms with van der Waals surface area (Å²) in [6, 6.07) is 1.37. The molecule has 4 heteroatoms. The lowest BCUT2D eigenvalue weighted by Crippen LogP contribution is -2.02. The van der Waals surface area contributed by atoms with Crippen molar-refractivity contribution < 1.29 is 1.43 Å². The molecule has 1 aromatic rings. The maximum absolute atomic E-state index is 10.3. The minimum Gasteiger partial charge on any atom is -0.339 e. The van der Waals surface area contributed by atoms with Crippen molar-refractivity contribution in [2.75, 3.05) is 0 Å². The summed E-state index contributed by atoms with van der Waals surface area (Å²) in [6.07, 6.45) is 1.50. The minimum absolute atomic E-state index is 0. The van der Waals surface area contributed by atoms with E-state index >= 15 is 0 Å². The van der Waals surface area contributed by atoms with Crippen LogP contribution in [0.25, 0.3) is 0 Å². The first-order chi connectivity index (χ1) is 3.79. The maximum Gasteiger partial charge on any atom is 0.251 e. The summed E-state index contributed by atoms with van der Waals surface area (Å²) >= 11 is 4.59. The second-order valence-electron chi connectivity index (χ2n) is 1.30. The van der Waals surface area contributed by atoms with E-state index < -0.39 is 0 Å². The third kappa shape index (κ3) is 1.04. The van der Waals surface area contributed by atoms with Gasteiger partial charge in [0.2, 0.25) is 0 Å². The predicted molar refractivity (Wildman–Crippen MR) is 34.4 cm³/mol. The number of aromatic amines is 2. The maximum atomic E-state index is 10.3. The second-order valence-corrected chi connectivity index (χ2v) is 1.70. The summed E-state index contributed by atoms with van der Waals surface area (Å²) in [5.41, 5.74) is -0.172. The first-order valence-corrected chi connectivity index (χ1v) is 2.48. The summed E-state index contributed by atoms with van der Waals surface area (Å²) in [4.78, 5) is 15.4. The third-order valence-electron chi connectivity index (χ3n) is 0.686. The Kier molecular flexibility index (Phi) is 1.26. The van der Waals surface area contributed by atoms with Crippen LogP contribution in [0.3, 0.4) is 0 Å². The quantitative estimate of drug-likeness (QED) is 0.507. The van der Waals surface area contributed by atoms with E-state index in [0.717, 1.165) is 0 Å². The van der Waals surface area contributed by atoms with Gasteiger partial charge in [-0.25, -0.2) is 0 Å². The van der Waals surface area contributed by atoms with E-state index in [-0.39, 0.29) is 6.99 Å². The zero-order valence-electron chi connectivity index (χ0n) is 3.97. The molecule has 0 aliphatic rings. The van der Waals surface area contributed by atoms with Crippen LogP contribution in [0.15, 0.2) is 17.1 Å². The zero-order valence-corrected chi connectivity index (χ0v) is 4.79. The Morgan fingerprint density at radius 2 is 2.50 bits per heavy atom. The van der Waals surface area contributed by atoms with Crippen LogP contribution in [0.4, 0.5) is 0 Å². The number of rotatable bonds is 0. The summed E-state index contributed by atoms with van der Waals surface area (Å²) in [7, 11) is 0. The summed E-state index contributed by atoms with van der Waals surface area (Å²) in [5, 5.41) is 0. The molecule has 0 aliphatic heterocycles. The van der Waals surface area contributed by atoms with Gasteiger partial charge in [0.05, 0.1) is 0 Å². The molecular weight excluding hydrogens is 124 g/mol. The molecule has 0 bridgehead atoms. The SMILES string of the molecule is O=c1cc[nH]c(=S)[nH]1.[HH]. The van der Waals surface area contributed by atoms with E-state index in [1.807, 2.05) is 0 Å². The molecule has 1 rings (SSSR count). The lowest BCUT2D eigenvalue weighted by Gasteiger charge is -1.78. The summed E-state index contributed by atoms with van der Waals surface area (Å²) in [6.45, 7) is 0. The zero-order chi connectivity index (χ0) is 5.98. The number of H-pyrrole nitrogens is 2. The van der Waals surface area contributed by atoms with Crippen molar-refractivity contribution in [3.05, 3.63) is 27.4 Å². The van der Waals surface area contributed by atoms with Gasteiger partial charge in [-0.15, -0.1) is 0 Å². The molecule has 0 amide bonds. The van der Waals surface area contributed by atoms with Gasteiger partial charge in [0.25, 0.3) is 5.56 Å². The van der Waals surface area contributed by atoms with Crippen LogP contribution in [0.1, 0.15) is 1.43 Å². The lowest BCUT2D eigenvalue weighted by molar-refractivity contribution is 1.09. The van der Waals surface area contributed by atoms with Crippen molar-refractivity contribution in [3.8, 4) is 0 Å². The molecule has 2 N–H and O–H groups in total. The molecule has 0 atom stereocenters. The Morgan fingerprint density at radius 1 is 1.75 bits per heavy atom. The minimum atomic E-state index is -0.172. The molecule has 1 heterocycles. The topological polar surface area (TPSA) is 48.6 Å². The van der Waals surface area contributed by atoms with Crippen LogP contribution < -0.4 is 5.56 Å². The van der Waals surface area contributed by atoms with Gasteiger partial charge >= 0.3 is 0 Å². The van der Waals surface area contributed by atoms with Gasteiger partial charge in [0.15, 0.2) is 4.77 Å². The van der Waals surface area contributed by atoms with E-state index in [1.54, 1.807) is 0 Å². The second kappa shape index (κ2) is 1.92. The average Bonchev–Trinajstić information content (AvgIpc) is 1.64. The Hall–Kier alpha value is -0.900. The fourth-order valence-electron chi connectivity index (χ4n) is 0.383. The molecular formula is C4H6N2OS. The van der Waals surface area contributed by atoms with Crippen LogP contribution in [-0.4, -0.2) is 9.97 Å². The molecule has 0 saturated carbocycles. The van der Waals surface area contributed by atoms with Crippen molar-refractivity contribution in [1.29, 1.82) is 0 Å². The molecule has 0 saturated heterocycles. The Bertz CT molecular complexity index is 253. The molecule has 8 heavy (non-hydrogen) atoms. The van der Waals surface area contributed by atoms with Gasteiger partial charge in [0.1, 0.15) is 0 Å².